The summed E-state index contributed by atoms with van der Waals surface area (Å²) in [5.74, 6) is -0.614. The number of alkyl halides is 2. The minimum Gasteiger partial charge on any atom is -0.245 e. The van der Waals surface area contributed by atoms with Crippen molar-refractivity contribution >= 4 is 21.4 Å². The fourth-order valence-electron chi connectivity index (χ4n) is 0.762. The second-order valence-electron chi connectivity index (χ2n) is 2.11. The zero-order valence-corrected chi connectivity index (χ0v) is 6.12. The van der Waals surface area contributed by atoms with Crippen molar-refractivity contribution in [1.82, 2.24) is 0 Å². The van der Waals surface area contributed by atoms with E-state index >= 15 is 0 Å². The van der Waals surface area contributed by atoms with Crippen LogP contribution in [0.1, 0.15) is 0 Å². The van der Waals surface area contributed by atoms with Gasteiger partial charge in [0.1, 0.15) is 6.17 Å². The molecular weight excluding hydrogens is 167 g/mol. The molecule has 9 heavy (non-hydrogen) atoms. The molecule has 0 bridgehead atoms. The predicted molar refractivity (Wildman–Crippen MR) is 33.2 cm³/mol. The van der Waals surface area contributed by atoms with Crippen molar-refractivity contribution in [2.75, 3.05) is 11.5 Å². The lowest BCUT2D eigenvalue weighted by Crippen LogP contribution is -2.11. The summed E-state index contributed by atoms with van der Waals surface area (Å²) in [6.45, 7) is 0. The molecule has 1 fully saturated rings. The van der Waals surface area contributed by atoms with Crippen LogP contribution in [0.5, 0.6) is 0 Å². The highest BCUT2D eigenvalue weighted by Gasteiger charge is 2.36. The summed E-state index contributed by atoms with van der Waals surface area (Å²) >= 11 is 5.29. The first kappa shape index (κ1) is 7.28. The van der Waals surface area contributed by atoms with Crippen molar-refractivity contribution in [2.24, 2.45) is 0 Å². The lowest BCUT2D eigenvalue weighted by Gasteiger charge is -1.95. The molecule has 1 aliphatic heterocycles. The van der Waals surface area contributed by atoms with E-state index in [9.17, 15) is 12.8 Å². The molecule has 0 aromatic heterocycles. The van der Waals surface area contributed by atoms with Crippen molar-refractivity contribution in [3.05, 3.63) is 0 Å². The zero-order valence-electron chi connectivity index (χ0n) is 4.55. The molecule has 0 aromatic carbocycles. The fraction of sp³-hybridized carbons (Fsp3) is 1.00. The number of sulfone groups is 1. The number of halogens is 2. The van der Waals surface area contributed by atoms with E-state index in [1.807, 2.05) is 0 Å². The van der Waals surface area contributed by atoms with Gasteiger partial charge in [-0.15, -0.1) is 11.6 Å². The van der Waals surface area contributed by atoms with Crippen molar-refractivity contribution in [3.63, 3.8) is 0 Å². The summed E-state index contributed by atoms with van der Waals surface area (Å²) in [6.07, 6.45) is -1.36. The molecule has 2 atom stereocenters. The Bertz CT molecular complexity index is 185. The first-order valence-electron chi connectivity index (χ1n) is 2.50. The molecule has 0 N–H and O–H groups in total. The summed E-state index contributed by atoms with van der Waals surface area (Å²) in [5, 5.41) is -0.824. The third-order valence-electron chi connectivity index (χ3n) is 1.22. The van der Waals surface area contributed by atoms with Crippen molar-refractivity contribution in [2.45, 2.75) is 11.5 Å². The Balaban J connectivity index is 2.77. The van der Waals surface area contributed by atoms with Crippen LogP contribution in [0.3, 0.4) is 0 Å². The summed E-state index contributed by atoms with van der Waals surface area (Å²) in [5.41, 5.74) is 0. The summed E-state index contributed by atoms with van der Waals surface area (Å²) < 4.78 is 33.4. The van der Waals surface area contributed by atoms with Gasteiger partial charge in [-0.3, -0.25) is 0 Å². The lowest BCUT2D eigenvalue weighted by molar-refractivity contribution is 0.373. The van der Waals surface area contributed by atoms with Gasteiger partial charge in [-0.25, -0.2) is 12.8 Å². The highest BCUT2D eigenvalue weighted by molar-refractivity contribution is 7.91. The standard InChI is InChI=1S/C4H6ClFO2S/c5-3-1-9(7,8)2-4(3)6/h3-4H,1-2H2/t3-,4-/m0/s1. The van der Waals surface area contributed by atoms with E-state index < -0.39 is 27.1 Å². The van der Waals surface area contributed by atoms with E-state index in [4.69, 9.17) is 11.6 Å². The molecule has 0 aliphatic carbocycles. The van der Waals surface area contributed by atoms with Crippen LogP contribution < -0.4 is 0 Å². The van der Waals surface area contributed by atoms with E-state index in [1.165, 1.54) is 0 Å². The molecule has 1 heterocycles. The SMILES string of the molecule is O=S1(=O)C[C@H](F)[C@@H](Cl)C1. The summed E-state index contributed by atoms with van der Waals surface area (Å²) in [7, 11) is -3.15. The fourth-order valence-corrected chi connectivity index (χ4v) is 3.08. The topological polar surface area (TPSA) is 34.1 Å². The highest BCUT2D eigenvalue weighted by Crippen LogP contribution is 2.20. The second-order valence-corrected chi connectivity index (χ2v) is 4.82. The molecule has 0 amide bonds. The molecule has 2 nitrogen and oxygen atoms in total. The quantitative estimate of drug-likeness (QED) is 0.495. The molecule has 0 spiro atoms. The first-order chi connectivity index (χ1) is 4.01. The van der Waals surface area contributed by atoms with Gasteiger partial charge >= 0.3 is 0 Å². The molecule has 1 saturated heterocycles. The predicted octanol–water partition coefficient (Wildman–Crippen LogP) is 0.360. The van der Waals surface area contributed by atoms with Gasteiger partial charge in [0.2, 0.25) is 0 Å². The van der Waals surface area contributed by atoms with Crippen LogP contribution in [-0.4, -0.2) is 31.5 Å². The van der Waals surface area contributed by atoms with E-state index in [1.54, 1.807) is 0 Å². The second kappa shape index (κ2) is 2.09. The van der Waals surface area contributed by atoms with Crippen LogP contribution in [0.15, 0.2) is 0 Å². The lowest BCUT2D eigenvalue weighted by atomic mass is 10.3. The Morgan fingerprint density at radius 2 is 2.00 bits per heavy atom. The van der Waals surface area contributed by atoms with Crippen LogP contribution in [0.2, 0.25) is 0 Å². The van der Waals surface area contributed by atoms with Gasteiger partial charge < -0.3 is 0 Å². The third kappa shape index (κ3) is 1.55. The average Bonchev–Trinajstić information content (AvgIpc) is 1.79. The van der Waals surface area contributed by atoms with Crippen LogP contribution in [0, 0.1) is 0 Å². The molecule has 1 aliphatic rings. The Kier molecular flexibility index (Phi) is 1.69. The third-order valence-corrected chi connectivity index (χ3v) is 3.52. The molecule has 0 unspecified atom stereocenters. The van der Waals surface area contributed by atoms with Crippen LogP contribution >= 0.6 is 11.6 Å². The Morgan fingerprint density at radius 3 is 2.11 bits per heavy atom. The monoisotopic (exact) mass is 172 g/mol. The van der Waals surface area contributed by atoms with Gasteiger partial charge in [-0.2, -0.15) is 0 Å². The Labute approximate surface area is 57.9 Å². The largest absolute Gasteiger partial charge is 0.245 e. The average molecular weight is 173 g/mol. The minimum atomic E-state index is -3.15. The Morgan fingerprint density at radius 1 is 1.44 bits per heavy atom. The number of hydrogen-bond acceptors (Lipinski definition) is 2. The van der Waals surface area contributed by atoms with Crippen molar-refractivity contribution in [3.8, 4) is 0 Å². The zero-order chi connectivity index (χ0) is 7.07. The van der Waals surface area contributed by atoms with Gasteiger partial charge in [-0.1, -0.05) is 0 Å². The van der Waals surface area contributed by atoms with Gasteiger partial charge in [0.05, 0.1) is 16.9 Å². The first-order valence-corrected chi connectivity index (χ1v) is 4.75. The molecule has 5 heteroatoms. The highest BCUT2D eigenvalue weighted by atomic mass is 35.5. The van der Waals surface area contributed by atoms with Gasteiger partial charge in [0.15, 0.2) is 9.84 Å². The van der Waals surface area contributed by atoms with E-state index in [-0.39, 0.29) is 5.75 Å². The normalized spacial score (nSPS) is 41.1. The molecule has 0 aromatic rings. The number of hydrogen-bond donors (Lipinski definition) is 0. The molecule has 54 valence electrons. The Hall–Kier alpha value is 0.170. The summed E-state index contributed by atoms with van der Waals surface area (Å²) in [6, 6.07) is 0. The van der Waals surface area contributed by atoms with Crippen LogP contribution in [0.25, 0.3) is 0 Å². The van der Waals surface area contributed by atoms with Crippen LogP contribution in [0.4, 0.5) is 4.39 Å². The van der Waals surface area contributed by atoms with E-state index in [0.717, 1.165) is 0 Å². The molecular formula is C4H6ClFO2S. The molecule has 0 radical (unpaired) electrons. The maximum Gasteiger partial charge on any atom is 0.154 e. The maximum absolute atomic E-state index is 12.3. The van der Waals surface area contributed by atoms with Gasteiger partial charge in [0.25, 0.3) is 0 Å². The van der Waals surface area contributed by atoms with Crippen LogP contribution in [-0.2, 0) is 9.84 Å². The minimum absolute atomic E-state index is 0.213. The van der Waals surface area contributed by atoms with E-state index in [2.05, 4.69) is 0 Å². The van der Waals surface area contributed by atoms with Crippen molar-refractivity contribution < 1.29 is 12.8 Å². The summed E-state index contributed by atoms with van der Waals surface area (Å²) in [4.78, 5) is 0. The molecule has 1 rings (SSSR count). The van der Waals surface area contributed by atoms with Gasteiger partial charge in [0, 0.05) is 0 Å². The maximum atomic E-state index is 12.3. The molecule has 0 saturated carbocycles. The smallest absolute Gasteiger partial charge is 0.154 e. The number of rotatable bonds is 0. The van der Waals surface area contributed by atoms with Crippen molar-refractivity contribution in [1.29, 1.82) is 0 Å². The van der Waals surface area contributed by atoms with Gasteiger partial charge in [-0.05, 0) is 0 Å². The van der Waals surface area contributed by atoms with E-state index in [0.29, 0.717) is 0 Å².